The summed E-state index contributed by atoms with van der Waals surface area (Å²) in [5, 5.41) is 0. The van der Waals surface area contributed by atoms with Gasteiger partial charge in [-0.2, -0.15) is 0 Å². The van der Waals surface area contributed by atoms with Gasteiger partial charge >= 0.3 is 0 Å². The van der Waals surface area contributed by atoms with Crippen LogP contribution in [0.5, 0.6) is 0 Å². The first-order chi connectivity index (χ1) is 5.41. The zero-order chi connectivity index (χ0) is 9.35. The van der Waals surface area contributed by atoms with E-state index >= 15 is 0 Å². The average Bonchev–Trinajstić information content (AvgIpc) is 1.83. The van der Waals surface area contributed by atoms with Crippen LogP contribution in [-0.2, 0) is 3.79 Å². The molecule has 1 rings (SSSR count). The fourth-order valence-corrected chi connectivity index (χ4v) is 1.61. The quantitative estimate of drug-likeness (QED) is 0.615. The first kappa shape index (κ1) is 10.1. The fourth-order valence-electron chi connectivity index (χ4n) is 1.01. The number of aromatic nitrogens is 1. The molecule has 4 heteroatoms. The summed E-state index contributed by atoms with van der Waals surface area (Å²) in [5.41, 5.74) is 2.46. The molecule has 0 spiro atoms. The normalized spacial score (nSPS) is 11.8. The first-order valence-electron chi connectivity index (χ1n) is 3.41. The van der Waals surface area contributed by atoms with Gasteiger partial charge in [0, 0.05) is 6.20 Å². The van der Waals surface area contributed by atoms with Crippen LogP contribution in [0.25, 0.3) is 0 Å². The minimum atomic E-state index is -1.42. The van der Waals surface area contributed by atoms with Gasteiger partial charge in [-0.1, -0.05) is 40.9 Å². The molecule has 66 valence electrons. The molecular weight excluding hydrogens is 216 g/mol. The molecule has 12 heavy (non-hydrogen) atoms. The second-order valence-corrected chi connectivity index (χ2v) is 4.96. The Hall–Kier alpha value is 0.0200. The largest absolute Gasteiger partial charge is 0.256 e. The van der Waals surface area contributed by atoms with Crippen LogP contribution in [0.3, 0.4) is 0 Å². The van der Waals surface area contributed by atoms with Crippen molar-refractivity contribution < 1.29 is 0 Å². The molecule has 0 N–H and O–H groups in total. The zero-order valence-electron chi connectivity index (χ0n) is 6.74. The van der Waals surface area contributed by atoms with Crippen molar-refractivity contribution in [3.8, 4) is 0 Å². The van der Waals surface area contributed by atoms with Gasteiger partial charge in [-0.25, -0.2) is 0 Å². The van der Waals surface area contributed by atoms with E-state index < -0.39 is 3.79 Å². The van der Waals surface area contributed by atoms with Crippen LogP contribution >= 0.6 is 34.8 Å². The molecule has 0 aliphatic rings. The van der Waals surface area contributed by atoms with Crippen molar-refractivity contribution in [3.05, 3.63) is 29.1 Å². The molecule has 0 saturated heterocycles. The lowest BCUT2D eigenvalue weighted by Gasteiger charge is -2.12. The molecule has 0 bridgehead atoms. The lowest BCUT2D eigenvalue weighted by molar-refractivity contribution is 1.04. The third kappa shape index (κ3) is 2.25. The van der Waals surface area contributed by atoms with Crippen molar-refractivity contribution in [1.82, 2.24) is 4.98 Å². The van der Waals surface area contributed by atoms with Crippen LogP contribution in [0.2, 0.25) is 0 Å². The van der Waals surface area contributed by atoms with Gasteiger partial charge < -0.3 is 0 Å². The highest BCUT2D eigenvalue weighted by atomic mass is 35.6. The summed E-state index contributed by atoms with van der Waals surface area (Å²) in [7, 11) is 0. The Morgan fingerprint density at radius 1 is 1.25 bits per heavy atom. The van der Waals surface area contributed by atoms with E-state index in [0.717, 1.165) is 11.1 Å². The van der Waals surface area contributed by atoms with Gasteiger partial charge in [0.15, 0.2) is 0 Å². The van der Waals surface area contributed by atoms with Gasteiger partial charge in [0.25, 0.3) is 0 Å². The maximum Gasteiger partial charge on any atom is 0.232 e. The number of pyridine rings is 1. The molecule has 0 unspecified atom stereocenters. The number of hydrogen-bond acceptors (Lipinski definition) is 1. The molecular formula is C8H8Cl3N. The lowest BCUT2D eigenvalue weighted by atomic mass is 10.2. The summed E-state index contributed by atoms with van der Waals surface area (Å²) < 4.78 is -1.42. The minimum absolute atomic E-state index is 0.498. The molecule has 0 aromatic carbocycles. The second-order valence-electron chi connectivity index (χ2n) is 2.68. The van der Waals surface area contributed by atoms with Crippen LogP contribution in [0, 0.1) is 13.8 Å². The Balaban J connectivity index is 3.19. The van der Waals surface area contributed by atoms with Crippen LogP contribution in [-0.4, -0.2) is 4.98 Å². The van der Waals surface area contributed by atoms with E-state index in [1.54, 1.807) is 6.20 Å². The van der Waals surface area contributed by atoms with Crippen LogP contribution in [0.4, 0.5) is 0 Å². The van der Waals surface area contributed by atoms with E-state index in [0.29, 0.717) is 5.69 Å². The highest BCUT2D eigenvalue weighted by molar-refractivity contribution is 6.66. The predicted octanol–water partition coefficient (Wildman–Crippen LogP) is 3.53. The van der Waals surface area contributed by atoms with Gasteiger partial charge in [0.05, 0.1) is 5.69 Å². The molecule has 1 aromatic rings. The molecule has 1 nitrogen and oxygen atoms in total. The number of nitrogens with zero attached hydrogens (tertiary/aromatic N) is 1. The van der Waals surface area contributed by atoms with Gasteiger partial charge in [0.1, 0.15) is 0 Å². The lowest BCUT2D eigenvalue weighted by Crippen LogP contribution is -2.06. The molecule has 0 radical (unpaired) electrons. The summed E-state index contributed by atoms with van der Waals surface area (Å²) in [5.74, 6) is 0. The van der Waals surface area contributed by atoms with Crippen molar-refractivity contribution in [2.45, 2.75) is 17.6 Å². The Labute approximate surface area is 86.7 Å². The Morgan fingerprint density at radius 2 is 1.83 bits per heavy atom. The molecule has 1 heterocycles. The molecule has 0 atom stereocenters. The van der Waals surface area contributed by atoms with E-state index in [-0.39, 0.29) is 0 Å². The van der Waals surface area contributed by atoms with Gasteiger partial charge in [0.2, 0.25) is 3.79 Å². The van der Waals surface area contributed by atoms with E-state index in [4.69, 9.17) is 34.8 Å². The van der Waals surface area contributed by atoms with Crippen molar-refractivity contribution in [2.75, 3.05) is 0 Å². The summed E-state index contributed by atoms with van der Waals surface area (Å²) >= 11 is 17.1. The summed E-state index contributed by atoms with van der Waals surface area (Å²) in [6.07, 6.45) is 1.68. The molecule has 0 aliphatic carbocycles. The average molecular weight is 225 g/mol. The fraction of sp³-hybridized carbons (Fsp3) is 0.375. The molecule has 0 saturated carbocycles. The maximum atomic E-state index is 5.68. The third-order valence-corrected chi connectivity index (χ3v) is 2.02. The van der Waals surface area contributed by atoms with E-state index in [9.17, 15) is 0 Å². The van der Waals surface area contributed by atoms with Gasteiger partial charge in [-0.3, -0.25) is 4.98 Å². The van der Waals surface area contributed by atoms with E-state index in [2.05, 4.69) is 4.98 Å². The molecule has 0 fully saturated rings. The van der Waals surface area contributed by atoms with Crippen LogP contribution < -0.4 is 0 Å². The molecule has 1 aromatic heterocycles. The monoisotopic (exact) mass is 223 g/mol. The minimum Gasteiger partial charge on any atom is -0.256 e. The maximum absolute atomic E-state index is 5.68. The van der Waals surface area contributed by atoms with Crippen molar-refractivity contribution in [1.29, 1.82) is 0 Å². The van der Waals surface area contributed by atoms with Crippen LogP contribution in [0.15, 0.2) is 12.3 Å². The number of hydrogen-bond donors (Lipinski definition) is 0. The topological polar surface area (TPSA) is 12.9 Å². The SMILES string of the molecule is Cc1cnc(C(Cl)(Cl)Cl)c(C)c1. The highest BCUT2D eigenvalue weighted by Gasteiger charge is 2.26. The van der Waals surface area contributed by atoms with Crippen molar-refractivity contribution in [2.24, 2.45) is 0 Å². The van der Waals surface area contributed by atoms with E-state index in [1.165, 1.54) is 0 Å². The number of halogens is 3. The number of alkyl halides is 3. The highest BCUT2D eigenvalue weighted by Crippen LogP contribution is 2.38. The Morgan fingerprint density at radius 3 is 2.25 bits per heavy atom. The second kappa shape index (κ2) is 3.41. The van der Waals surface area contributed by atoms with Gasteiger partial charge in [-0.15, -0.1) is 0 Å². The number of rotatable bonds is 0. The Kier molecular flexibility index (Phi) is 2.87. The van der Waals surface area contributed by atoms with E-state index in [1.807, 2.05) is 19.9 Å². The standard InChI is InChI=1S/C8H8Cl3N/c1-5-3-6(2)7(12-4-5)8(9,10)11/h3-4H,1-2H3. The summed E-state index contributed by atoms with van der Waals surface area (Å²) in [6, 6.07) is 1.93. The summed E-state index contributed by atoms with van der Waals surface area (Å²) in [4.78, 5) is 4.05. The predicted molar refractivity (Wildman–Crippen MR) is 52.9 cm³/mol. The Bertz CT molecular complexity index is 291. The van der Waals surface area contributed by atoms with Crippen molar-refractivity contribution >= 4 is 34.8 Å². The third-order valence-electron chi connectivity index (χ3n) is 1.48. The first-order valence-corrected chi connectivity index (χ1v) is 4.55. The zero-order valence-corrected chi connectivity index (χ0v) is 9.00. The van der Waals surface area contributed by atoms with Crippen LogP contribution in [0.1, 0.15) is 16.8 Å². The number of aryl methyl sites for hydroxylation is 2. The van der Waals surface area contributed by atoms with Gasteiger partial charge in [-0.05, 0) is 25.0 Å². The van der Waals surface area contributed by atoms with Crippen molar-refractivity contribution in [3.63, 3.8) is 0 Å². The smallest absolute Gasteiger partial charge is 0.232 e. The molecule has 0 amide bonds. The molecule has 0 aliphatic heterocycles. The summed E-state index contributed by atoms with van der Waals surface area (Å²) in [6.45, 7) is 3.82.